The van der Waals surface area contributed by atoms with Crippen molar-refractivity contribution in [2.45, 2.75) is 27.7 Å². The van der Waals surface area contributed by atoms with Crippen LogP contribution in [0.1, 0.15) is 22.4 Å². The summed E-state index contributed by atoms with van der Waals surface area (Å²) < 4.78 is 2.26. The summed E-state index contributed by atoms with van der Waals surface area (Å²) in [5, 5.41) is 0. The lowest BCUT2D eigenvalue weighted by molar-refractivity contribution is -0.666. The van der Waals surface area contributed by atoms with Gasteiger partial charge in [0.2, 0.25) is 5.69 Å². The number of aryl methyl sites for hydroxylation is 3. The molecule has 1 heterocycles. The van der Waals surface area contributed by atoms with Crippen LogP contribution in [0.5, 0.6) is 0 Å². The Morgan fingerprint density at radius 3 is 2.18 bits per heavy atom. The quantitative estimate of drug-likeness (QED) is 0.656. The number of nitrogens with zero attached hydrogens (tertiary/aromatic N) is 1. The number of benzene rings is 1. The van der Waals surface area contributed by atoms with E-state index in [0.717, 1.165) is 0 Å². The van der Waals surface area contributed by atoms with E-state index >= 15 is 0 Å². The standard InChI is InChI=1S/C16H20N/c1-11-9-10-12(2)16(14(11)4)15-8-6-7-13(3)17(15)5/h6-10H,1-5H3/q+1. The minimum Gasteiger partial charge on any atom is -0.199 e. The second-order valence-electron chi connectivity index (χ2n) is 4.81. The predicted octanol–water partition coefficient (Wildman–Crippen LogP) is 3.41. The maximum absolute atomic E-state index is 2.26. The molecule has 2 rings (SSSR count). The van der Waals surface area contributed by atoms with Gasteiger partial charge < -0.3 is 0 Å². The van der Waals surface area contributed by atoms with Crippen LogP contribution in [0.4, 0.5) is 0 Å². The highest BCUT2D eigenvalue weighted by atomic mass is 14.9. The predicted molar refractivity (Wildman–Crippen MR) is 72.0 cm³/mol. The van der Waals surface area contributed by atoms with Gasteiger partial charge >= 0.3 is 0 Å². The van der Waals surface area contributed by atoms with Crippen molar-refractivity contribution in [1.29, 1.82) is 0 Å². The normalized spacial score (nSPS) is 10.6. The first-order chi connectivity index (χ1) is 8.02. The maximum atomic E-state index is 2.26. The van der Waals surface area contributed by atoms with Gasteiger partial charge in [0.25, 0.3) is 0 Å². The Hall–Kier alpha value is -1.63. The number of aromatic nitrogens is 1. The third-order valence-electron chi connectivity index (χ3n) is 3.68. The molecule has 0 saturated carbocycles. The SMILES string of the molecule is Cc1ccc(C)c(-c2cccc(C)[n+]2C)c1C. The molecule has 2 aromatic rings. The summed E-state index contributed by atoms with van der Waals surface area (Å²) in [4.78, 5) is 0. The molecule has 1 heteroatoms. The van der Waals surface area contributed by atoms with Crippen LogP contribution < -0.4 is 4.57 Å². The zero-order valence-corrected chi connectivity index (χ0v) is 11.3. The van der Waals surface area contributed by atoms with Crippen molar-refractivity contribution in [3.05, 3.63) is 52.7 Å². The Labute approximate surface area is 104 Å². The molecule has 88 valence electrons. The van der Waals surface area contributed by atoms with Crippen molar-refractivity contribution < 1.29 is 4.57 Å². The van der Waals surface area contributed by atoms with Crippen LogP contribution in [0.25, 0.3) is 11.3 Å². The lowest BCUT2D eigenvalue weighted by Gasteiger charge is -2.11. The summed E-state index contributed by atoms with van der Waals surface area (Å²) in [6, 6.07) is 10.9. The fourth-order valence-electron chi connectivity index (χ4n) is 2.29. The molecule has 0 radical (unpaired) electrons. The fraction of sp³-hybridized carbons (Fsp3) is 0.312. The second kappa shape index (κ2) is 4.33. The van der Waals surface area contributed by atoms with Crippen LogP contribution in [0.2, 0.25) is 0 Å². The molecule has 0 aliphatic heterocycles. The summed E-state index contributed by atoms with van der Waals surface area (Å²) in [5.41, 5.74) is 8.02. The van der Waals surface area contributed by atoms with Gasteiger partial charge in [0.15, 0.2) is 5.69 Å². The second-order valence-corrected chi connectivity index (χ2v) is 4.81. The van der Waals surface area contributed by atoms with Gasteiger partial charge in [-0.1, -0.05) is 12.1 Å². The van der Waals surface area contributed by atoms with Crippen LogP contribution in [0.15, 0.2) is 30.3 Å². The van der Waals surface area contributed by atoms with Gasteiger partial charge in [0.1, 0.15) is 7.05 Å². The Bertz CT molecular complexity index is 568. The van der Waals surface area contributed by atoms with E-state index in [9.17, 15) is 0 Å². The number of pyridine rings is 1. The van der Waals surface area contributed by atoms with E-state index in [1.165, 1.54) is 33.6 Å². The van der Waals surface area contributed by atoms with Gasteiger partial charge in [-0.15, -0.1) is 0 Å². The zero-order valence-electron chi connectivity index (χ0n) is 11.3. The Morgan fingerprint density at radius 2 is 1.47 bits per heavy atom. The molecule has 1 aromatic carbocycles. The molecule has 0 aliphatic rings. The van der Waals surface area contributed by atoms with E-state index in [1.807, 2.05) is 0 Å². The molecule has 0 atom stereocenters. The summed E-state index contributed by atoms with van der Waals surface area (Å²) in [5.74, 6) is 0. The average Bonchev–Trinajstić information content (AvgIpc) is 2.30. The first-order valence-corrected chi connectivity index (χ1v) is 6.05. The minimum absolute atomic E-state index is 1.28. The zero-order chi connectivity index (χ0) is 12.6. The maximum Gasteiger partial charge on any atom is 0.212 e. The Balaban J connectivity index is 2.77. The van der Waals surface area contributed by atoms with Gasteiger partial charge in [0, 0.05) is 19.1 Å². The lowest BCUT2D eigenvalue weighted by atomic mass is 9.95. The van der Waals surface area contributed by atoms with Crippen LogP contribution in [-0.4, -0.2) is 0 Å². The third-order valence-corrected chi connectivity index (χ3v) is 3.68. The van der Waals surface area contributed by atoms with E-state index in [1.54, 1.807) is 0 Å². The summed E-state index contributed by atoms with van der Waals surface area (Å²) in [7, 11) is 2.13. The van der Waals surface area contributed by atoms with Crippen molar-refractivity contribution in [3.8, 4) is 11.3 Å². The minimum atomic E-state index is 1.28. The third kappa shape index (κ3) is 1.97. The summed E-state index contributed by atoms with van der Waals surface area (Å²) in [6.45, 7) is 8.71. The van der Waals surface area contributed by atoms with E-state index in [4.69, 9.17) is 0 Å². The number of rotatable bonds is 1. The molecule has 0 fully saturated rings. The first-order valence-electron chi connectivity index (χ1n) is 6.05. The topological polar surface area (TPSA) is 3.88 Å². The van der Waals surface area contributed by atoms with Gasteiger partial charge in [-0.05, 0) is 43.5 Å². The van der Waals surface area contributed by atoms with Crippen molar-refractivity contribution in [1.82, 2.24) is 0 Å². The number of hydrogen-bond acceptors (Lipinski definition) is 0. The lowest BCUT2D eigenvalue weighted by Crippen LogP contribution is -2.34. The van der Waals surface area contributed by atoms with Crippen LogP contribution in [-0.2, 0) is 7.05 Å². The van der Waals surface area contributed by atoms with E-state index in [-0.39, 0.29) is 0 Å². The fourth-order valence-corrected chi connectivity index (χ4v) is 2.29. The molecule has 1 nitrogen and oxygen atoms in total. The molecule has 0 saturated heterocycles. The highest BCUT2D eigenvalue weighted by Gasteiger charge is 2.16. The van der Waals surface area contributed by atoms with Gasteiger partial charge in [-0.3, -0.25) is 0 Å². The van der Waals surface area contributed by atoms with Gasteiger partial charge in [-0.25, -0.2) is 0 Å². The van der Waals surface area contributed by atoms with E-state index < -0.39 is 0 Å². The largest absolute Gasteiger partial charge is 0.212 e. The molecule has 0 amide bonds. The highest BCUT2D eigenvalue weighted by Crippen LogP contribution is 2.26. The van der Waals surface area contributed by atoms with Gasteiger partial charge in [-0.2, -0.15) is 4.57 Å². The number of hydrogen-bond donors (Lipinski definition) is 0. The van der Waals surface area contributed by atoms with E-state index in [2.05, 4.69) is 69.6 Å². The molecule has 0 spiro atoms. The van der Waals surface area contributed by atoms with E-state index in [0.29, 0.717) is 0 Å². The smallest absolute Gasteiger partial charge is 0.199 e. The summed E-state index contributed by atoms with van der Waals surface area (Å²) in [6.07, 6.45) is 0. The molecule has 0 bridgehead atoms. The average molecular weight is 226 g/mol. The van der Waals surface area contributed by atoms with Crippen molar-refractivity contribution in [2.75, 3.05) is 0 Å². The molecule has 1 aromatic heterocycles. The van der Waals surface area contributed by atoms with Crippen LogP contribution >= 0.6 is 0 Å². The monoisotopic (exact) mass is 226 g/mol. The Kier molecular flexibility index (Phi) is 3.01. The molecule has 0 unspecified atom stereocenters. The highest BCUT2D eigenvalue weighted by molar-refractivity contribution is 5.66. The van der Waals surface area contributed by atoms with Crippen molar-refractivity contribution >= 4 is 0 Å². The molecule has 0 aliphatic carbocycles. The van der Waals surface area contributed by atoms with Gasteiger partial charge in [0.05, 0.1) is 5.56 Å². The van der Waals surface area contributed by atoms with Crippen molar-refractivity contribution in [2.24, 2.45) is 7.05 Å². The molecular weight excluding hydrogens is 206 g/mol. The summed E-state index contributed by atoms with van der Waals surface area (Å²) >= 11 is 0. The Morgan fingerprint density at radius 1 is 0.824 bits per heavy atom. The molecule has 17 heavy (non-hydrogen) atoms. The van der Waals surface area contributed by atoms with Crippen molar-refractivity contribution in [3.63, 3.8) is 0 Å². The molecule has 0 N–H and O–H groups in total. The van der Waals surface area contributed by atoms with Crippen LogP contribution in [0, 0.1) is 27.7 Å². The van der Waals surface area contributed by atoms with Crippen LogP contribution in [0.3, 0.4) is 0 Å². The molecular formula is C16H20N+. The first kappa shape index (κ1) is 11.8.